The molecular formula is C13H12NO5S-. The predicted molar refractivity (Wildman–Crippen MR) is 73.7 cm³/mol. The Morgan fingerprint density at radius 2 is 1.85 bits per heavy atom. The molecule has 106 valence electrons. The van der Waals surface area contributed by atoms with Gasteiger partial charge in [-0.2, -0.15) is 0 Å². The van der Waals surface area contributed by atoms with E-state index < -0.39 is 15.1 Å². The molecule has 0 bridgehead atoms. The van der Waals surface area contributed by atoms with Crippen LogP contribution in [0.5, 0.6) is 0 Å². The van der Waals surface area contributed by atoms with E-state index in [4.69, 9.17) is 9.62 Å². The molecule has 0 saturated carbocycles. The Morgan fingerprint density at radius 3 is 2.40 bits per heavy atom. The third kappa shape index (κ3) is 3.27. The lowest BCUT2D eigenvalue weighted by molar-refractivity contribution is 0.273. The van der Waals surface area contributed by atoms with Crippen LogP contribution < -0.4 is 5.23 Å². The molecule has 0 atom stereocenters. The van der Waals surface area contributed by atoms with Crippen molar-refractivity contribution >= 4 is 21.8 Å². The summed E-state index contributed by atoms with van der Waals surface area (Å²) < 4.78 is 28.9. The average molecular weight is 294 g/mol. The number of benzene rings is 1. The van der Waals surface area contributed by atoms with Gasteiger partial charge in [0, 0.05) is 11.5 Å². The fourth-order valence-electron chi connectivity index (χ4n) is 1.50. The Bertz CT molecular complexity index is 713. The molecular weight excluding hydrogens is 282 g/mol. The summed E-state index contributed by atoms with van der Waals surface area (Å²) in [6, 6.07) is 9.02. The van der Waals surface area contributed by atoms with Crippen molar-refractivity contribution in [2.75, 3.05) is 5.23 Å². The van der Waals surface area contributed by atoms with Gasteiger partial charge in [0.25, 0.3) is 0 Å². The van der Waals surface area contributed by atoms with E-state index in [9.17, 15) is 13.6 Å². The molecule has 0 spiro atoms. The summed E-state index contributed by atoms with van der Waals surface area (Å²) in [5.41, 5.74) is 0.960. The van der Waals surface area contributed by atoms with Gasteiger partial charge in [-0.1, -0.05) is 17.7 Å². The zero-order chi connectivity index (χ0) is 14.8. The predicted octanol–water partition coefficient (Wildman–Crippen LogP) is 2.73. The number of hydrogen-bond acceptors (Lipinski definition) is 6. The average Bonchev–Trinajstić information content (AvgIpc) is 2.86. The molecule has 0 saturated heterocycles. The molecule has 0 unspecified atom stereocenters. The third-order valence-corrected chi connectivity index (χ3v) is 3.99. The fraction of sp³-hybridized carbons (Fsp3) is 0.0769. The first kappa shape index (κ1) is 14.3. The van der Waals surface area contributed by atoms with Crippen LogP contribution in [0.3, 0.4) is 0 Å². The van der Waals surface area contributed by atoms with Crippen molar-refractivity contribution in [2.24, 2.45) is 0 Å². The van der Waals surface area contributed by atoms with Gasteiger partial charge in [0.2, 0.25) is 5.88 Å². The Morgan fingerprint density at radius 1 is 1.20 bits per heavy atom. The minimum Gasteiger partial charge on any atom is -0.731 e. The molecule has 0 radical (unpaired) electrons. The summed E-state index contributed by atoms with van der Waals surface area (Å²) in [5, 5.41) is 19.7. The van der Waals surface area contributed by atoms with E-state index in [1.165, 1.54) is 30.3 Å². The Balaban J connectivity index is 2.22. The minimum absolute atomic E-state index is 0.144. The van der Waals surface area contributed by atoms with E-state index >= 15 is 0 Å². The van der Waals surface area contributed by atoms with Crippen molar-refractivity contribution in [1.29, 1.82) is 0 Å². The first-order chi connectivity index (χ1) is 9.38. The van der Waals surface area contributed by atoms with Crippen molar-refractivity contribution in [1.82, 2.24) is 0 Å². The van der Waals surface area contributed by atoms with Gasteiger partial charge >= 0.3 is 0 Å². The molecule has 1 N–H and O–H groups in total. The number of nitrogens with zero attached hydrogens (tertiary/aromatic N) is 1. The number of anilines is 1. The summed E-state index contributed by atoms with van der Waals surface area (Å²) in [7, 11) is -3.58. The maximum absolute atomic E-state index is 12.0. The molecule has 0 aliphatic carbocycles. The molecule has 2 aromatic rings. The van der Waals surface area contributed by atoms with E-state index in [-0.39, 0.29) is 16.5 Å². The van der Waals surface area contributed by atoms with Crippen molar-refractivity contribution in [3.63, 3.8) is 0 Å². The van der Waals surface area contributed by atoms with Crippen LogP contribution in [0.4, 0.5) is 5.88 Å². The Labute approximate surface area is 116 Å². The van der Waals surface area contributed by atoms with Gasteiger partial charge in [-0.05, 0) is 31.2 Å². The van der Waals surface area contributed by atoms with E-state index in [1.807, 2.05) is 6.92 Å². The van der Waals surface area contributed by atoms with Gasteiger partial charge < -0.3 is 9.62 Å². The summed E-state index contributed by atoms with van der Waals surface area (Å²) in [4.78, 5) is 0.165. The maximum Gasteiger partial charge on any atom is 0.209 e. The lowest BCUT2D eigenvalue weighted by Gasteiger charge is -2.16. The molecule has 1 heterocycles. The monoisotopic (exact) mass is 294 g/mol. The number of furan rings is 1. The Kier molecular flexibility index (Phi) is 3.93. The topological polar surface area (TPSA) is 93.8 Å². The maximum atomic E-state index is 12.0. The minimum atomic E-state index is -3.58. The van der Waals surface area contributed by atoms with E-state index in [2.05, 4.69) is 0 Å². The van der Waals surface area contributed by atoms with Gasteiger partial charge in [0.1, 0.15) is 5.76 Å². The van der Waals surface area contributed by atoms with Gasteiger partial charge in [-0.15, -0.1) is 0 Å². The van der Waals surface area contributed by atoms with Crippen LogP contribution in [-0.2, 0) is 9.84 Å². The highest BCUT2D eigenvalue weighted by Gasteiger charge is 2.10. The van der Waals surface area contributed by atoms with Crippen molar-refractivity contribution in [2.45, 2.75) is 11.8 Å². The molecule has 6 nitrogen and oxygen atoms in total. The van der Waals surface area contributed by atoms with Crippen LogP contribution in [0.1, 0.15) is 11.3 Å². The summed E-state index contributed by atoms with van der Waals surface area (Å²) in [5.74, 6) is -0.178. The normalized spacial score (nSPS) is 11.9. The first-order valence-corrected chi connectivity index (χ1v) is 7.19. The highest BCUT2D eigenvalue weighted by atomic mass is 32.2. The second-order valence-corrected chi connectivity index (χ2v) is 5.94. The molecule has 7 heteroatoms. The summed E-state index contributed by atoms with van der Waals surface area (Å²) in [6.07, 6.45) is 1.21. The van der Waals surface area contributed by atoms with Crippen LogP contribution in [0, 0.1) is 12.1 Å². The second-order valence-electron chi connectivity index (χ2n) is 4.11. The molecule has 1 aromatic carbocycles. The van der Waals surface area contributed by atoms with E-state index in [0.717, 1.165) is 11.0 Å². The number of aryl methyl sites for hydroxylation is 1. The summed E-state index contributed by atoms with van der Waals surface area (Å²) in [6.45, 7) is 1.86. The van der Waals surface area contributed by atoms with Crippen LogP contribution in [0.2, 0.25) is 0 Å². The molecule has 0 aliphatic heterocycles. The quantitative estimate of drug-likeness (QED) is 0.871. The molecule has 1 aromatic heterocycles. The van der Waals surface area contributed by atoms with Crippen LogP contribution in [-0.4, -0.2) is 13.6 Å². The number of sulfone groups is 1. The third-order valence-electron chi connectivity index (χ3n) is 2.56. The van der Waals surface area contributed by atoms with Crippen molar-refractivity contribution in [3.8, 4) is 0 Å². The lowest BCUT2D eigenvalue weighted by Crippen LogP contribution is -2.04. The van der Waals surface area contributed by atoms with Crippen LogP contribution in [0.15, 0.2) is 51.1 Å². The van der Waals surface area contributed by atoms with Crippen LogP contribution in [0.25, 0.3) is 6.08 Å². The van der Waals surface area contributed by atoms with Crippen molar-refractivity contribution in [3.05, 3.63) is 58.3 Å². The number of hydrogen-bond donors (Lipinski definition) is 1. The highest BCUT2D eigenvalue weighted by molar-refractivity contribution is 7.94. The smallest absolute Gasteiger partial charge is 0.209 e. The molecule has 0 amide bonds. The van der Waals surface area contributed by atoms with E-state index in [0.29, 0.717) is 0 Å². The second kappa shape index (κ2) is 5.49. The number of rotatable bonds is 4. The fourth-order valence-corrected chi connectivity index (χ4v) is 2.48. The van der Waals surface area contributed by atoms with Crippen LogP contribution >= 0.6 is 0 Å². The standard InChI is InChI=1S/C13H12NO5S/c1-10-2-5-12(6-3-10)20(17,18)9-8-11-4-7-13(19-11)14(15)16/h2-9,15H,1H3/q-1/b9-8+. The lowest BCUT2D eigenvalue weighted by atomic mass is 10.2. The van der Waals surface area contributed by atoms with Gasteiger partial charge in [0.05, 0.1) is 4.90 Å². The zero-order valence-corrected chi connectivity index (χ0v) is 11.4. The van der Waals surface area contributed by atoms with Crippen molar-refractivity contribution < 1.29 is 18.0 Å². The summed E-state index contributed by atoms with van der Waals surface area (Å²) >= 11 is 0. The van der Waals surface area contributed by atoms with Gasteiger partial charge in [-0.25, -0.2) is 8.42 Å². The van der Waals surface area contributed by atoms with Gasteiger partial charge in [-0.3, -0.25) is 10.4 Å². The van der Waals surface area contributed by atoms with E-state index in [1.54, 1.807) is 12.1 Å². The zero-order valence-electron chi connectivity index (χ0n) is 10.6. The first-order valence-electron chi connectivity index (χ1n) is 5.64. The Hall–Kier alpha value is -2.09. The molecule has 0 aliphatic rings. The highest BCUT2D eigenvalue weighted by Crippen LogP contribution is 2.19. The molecule has 0 fully saturated rings. The SMILES string of the molecule is Cc1ccc(S(=O)(=O)/C=C/c2ccc(N([O-])O)o2)cc1. The molecule has 20 heavy (non-hydrogen) atoms. The van der Waals surface area contributed by atoms with Gasteiger partial charge in [0.15, 0.2) is 9.84 Å². The largest absolute Gasteiger partial charge is 0.731 e. The molecule has 2 rings (SSSR count).